The second-order valence-corrected chi connectivity index (χ2v) is 2.20. The van der Waals surface area contributed by atoms with Crippen LogP contribution in [0.3, 0.4) is 0 Å². The molecule has 0 aromatic rings. The van der Waals surface area contributed by atoms with Gasteiger partial charge in [-0.25, -0.2) is 0 Å². The fourth-order valence-corrected chi connectivity index (χ4v) is 1.02. The van der Waals surface area contributed by atoms with Crippen molar-refractivity contribution in [2.24, 2.45) is 0 Å². The topological polar surface area (TPSA) is 21.9 Å². The molecule has 1 N–H and O–H groups in total. The van der Waals surface area contributed by atoms with Crippen molar-refractivity contribution in [3.05, 3.63) is 0 Å². The minimum Gasteiger partial charge on any atom is -0.308 e. The molecular weight excluding hydrogens is 86.1 g/mol. The van der Waals surface area contributed by atoms with E-state index in [1.54, 1.807) is 0 Å². The third-order valence-electron chi connectivity index (χ3n) is 1.68. The SMILES string of the molecule is CC[C@@H]1N[C@@H]1CC. The van der Waals surface area contributed by atoms with Crippen molar-refractivity contribution in [3.8, 4) is 0 Å². The number of nitrogens with one attached hydrogen (secondary N) is 1. The van der Waals surface area contributed by atoms with Gasteiger partial charge in [0.15, 0.2) is 0 Å². The Morgan fingerprint density at radius 3 is 1.71 bits per heavy atom. The van der Waals surface area contributed by atoms with E-state index in [9.17, 15) is 0 Å². The van der Waals surface area contributed by atoms with Gasteiger partial charge in [0.25, 0.3) is 0 Å². The lowest BCUT2D eigenvalue weighted by molar-refractivity contribution is 0.817. The summed E-state index contributed by atoms with van der Waals surface area (Å²) in [5.74, 6) is 0. The highest BCUT2D eigenvalue weighted by Gasteiger charge is 2.31. The van der Waals surface area contributed by atoms with E-state index in [2.05, 4.69) is 19.2 Å². The lowest BCUT2D eigenvalue weighted by Gasteiger charge is -1.81. The Kier molecular flexibility index (Phi) is 1.33. The summed E-state index contributed by atoms with van der Waals surface area (Å²) >= 11 is 0. The van der Waals surface area contributed by atoms with Crippen LogP contribution in [0.15, 0.2) is 0 Å². The van der Waals surface area contributed by atoms with Gasteiger partial charge in [-0.3, -0.25) is 0 Å². The van der Waals surface area contributed by atoms with Crippen LogP contribution in [0.5, 0.6) is 0 Å². The van der Waals surface area contributed by atoms with Crippen LogP contribution in [0.2, 0.25) is 0 Å². The van der Waals surface area contributed by atoms with Crippen molar-refractivity contribution in [3.63, 3.8) is 0 Å². The normalized spacial score (nSPS) is 38.6. The maximum Gasteiger partial charge on any atom is 0.0221 e. The number of hydrogen-bond donors (Lipinski definition) is 1. The van der Waals surface area contributed by atoms with Crippen molar-refractivity contribution < 1.29 is 0 Å². The fourth-order valence-electron chi connectivity index (χ4n) is 1.02. The van der Waals surface area contributed by atoms with Crippen LogP contribution >= 0.6 is 0 Å². The monoisotopic (exact) mass is 99.1 g/mol. The number of rotatable bonds is 2. The first-order chi connectivity index (χ1) is 3.38. The summed E-state index contributed by atoms with van der Waals surface area (Å²) in [6.45, 7) is 4.46. The predicted octanol–water partition coefficient (Wildman–Crippen LogP) is 1.15. The lowest BCUT2D eigenvalue weighted by Crippen LogP contribution is -1.87. The molecule has 1 heterocycles. The summed E-state index contributed by atoms with van der Waals surface area (Å²) in [5.41, 5.74) is 0. The summed E-state index contributed by atoms with van der Waals surface area (Å²) in [4.78, 5) is 0. The van der Waals surface area contributed by atoms with E-state index in [0.717, 1.165) is 12.1 Å². The van der Waals surface area contributed by atoms with Crippen molar-refractivity contribution in [2.45, 2.75) is 38.8 Å². The van der Waals surface area contributed by atoms with Gasteiger partial charge >= 0.3 is 0 Å². The highest BCUT2D eigenvalue weighted by atomic mass is 15.1. The van der Waals surface area contributed by atoms with Crippen LogP contribution in [-0.4, -0.2) is 12.1 Å². The zero-order valence-corrected chi connectivity index (χ0v) is 5.07. The highest BCUT2D eigenvalue weighted by Crippen LogP contribution is 2.16. The molecule has 1 nitrogen and oxygen atoms in total. The molecule has 1 aliphatic rings. The van der Waals surface area contributed by atoms with Gasteiger partial charge in [0.1, 0.15) is 0 Å². The molecule has 0 aromatic carbocycles. The molecule has 0 amide bonds. The van der Waals surface area contributed by atoms with Crippen LogP contribution < -0.4 is 5.32 Å². The van der Waals surface area contributed by atoms with Crippen molar-refractivity contribution in [1.82, 2.24) is 5.32 Å². The summed E-state index contributed by atoms with van der Waals surface area (Å²) < 4.78 is 0. The smallest absolute Gasteiger partial charge is 0.0221 e. The molecule has 1 aliphatic heterocycles. The van der Waals surface area contributed by atoms with E-state index in [1.807, 2.05) is 0 Å². The average molecular weight is 99.2 g/mol. The summed E-state index contributed by atoms with van der Waals surface area (Å²) in [5, 5.41) is 3.37. The Hall–Kier alpha value is -0.0400. The molecule has 7 heavy (non-hydrogen) atoms. The zero-order valence-electron chi connectivity index (χ0n) is 5.07. The Morgan fingerprint density at radius 1 is 1.14 bits per heavy atom. The van der Waals surface area contributed by atoms with Gasteiger partial charge in [0, 0.05) is 12.1 Å². The minimum atomic E-state index is 0.866. The Balaban J connectivity index is 2.06. The maximum atomic E-state index is 3.37. The van der Waals surface area contributed by atoms with Crippen LogP contribution in [0, 0.1) is 0 Å². The van der Waals surface area contributed by atoms with Crippen molar-refractivity contribution >= 4 is 0 Å². The van der Waals surface area contributed by atoms with Crippen LogP contribution in [-0.2, 0) is 0 Å². The van der Waals surface area contributed by atoms with E-state index in [1.165, 1.54) is 12.8 Å². The molecule has 42 valence electrons. The first-order valence-corrected chi connectivity index (χ1v) is 3.14. The highest BCUT2D eigenvalue weighted by molar-refractivity contribution is 4.95. The standard InChI is InChI=1S/C6H13N/c1-3-5-6(4-2)7-5/h5-7H,3-4H2,1-2H3/t5-,6+. The van der Waals surface area contributed by atoms with Crippen molar-refractivity contribution in [1.29, 1.82) is 0 Å². The van der Waals surface area contributed by atoms with E-state index in [4.69, 9.17) is 0 Å². The lowest BCUT2D eigenvalue weighted by atomic mass is 10.2. The zero-order chi connectivity index (χ0) is 5.28. The second-order valence-electron chi connectivity index (χ2n) is 2.20. The second kappa shape index (κ2) is 1.83. The molecule has 1 rings (SSSR count). The molecule has 0 aliphatic carbocycles. The van der Waals surface area contributed by atoms with Gasteiger partial charge in [0.2, 0.25) is 0 Å². The molecule has 0 spiro atoms. The Bertz CT molecular complexity index is 53.2. The summed E-state index contributed by atoms with van der Waals surface area (Å²) in [6.07, 6.45) is 2.61. The molecular formula is C6H13N. The van der Waals surface area contributed by atoms with Crippen LogP contribution in [0.4, 0.5) is 0 Å². The largest absolute Gasteiger partial charge is 0.308 e. The quantitative estimate of drug-likeness (QED) is 0.515. The Morgan fingerprint density at radius 2 is 1.57 bits per heavy atom. The van der Waals surface area contributed by atoms with Gasteiger partial charge in [-0.1, -0.05) is 13.8 Å². The molecule has 1 heteroatoms. The van der Waals surface area contributed by atoms with E-state index >= 15 is 0 Å². The maximum absolute atomic E-state index is 3.37. The van der Waals surface area contributed by atoms with Crippen molar-refractivity contribution in [2.75, 3.05) is 0 Å². The van der Waals surface area contributed by atoms with Gasteiger partial charge in [-0.15, -0.1) is 0 Å². The molecule has 0 aromatic heterocycles. The van der Waals surface area contributed by atoms with Gasteiger partial charge in [-0.05, 0) is 12.8 Å². The third kappa shape index (κ3) is 0.942. The molecule has 1 saturated heterocycles. The first kappa shape index (κ1) is 5.10. The van der Waals surface area contributed by atoms with E-state index < -0.39 is 0 Å². The first-order valence-electron chi connectivity index (χ1n) is 3.14. The molecule has 0 bridgehead atoms. The van der Waals surface area contributed by atoms with Gasteiger partial charge < -0.3 is 5.32 Å². The molecule has 2 atom stereocenters. The minimum absolute atomic E-state index is 0.866. The fraction of sp³-hybridized carbons (Fsp3) is 1.00. The van der Waals surface area contributed by atoms with Gasteiger partial charge in [0.05, 0.1) is 0 Å². The average Bonchev–Trinajstić information content (AvgIpc) is 2.43. The van der Waals surface area contributed by atoms with E-state index in [-0.39, 0.29) is 0 Å². The van der Waals surface area contributed by atoms with Crippen LogP contribution in [0.1, 0.15) is 26.7 Å². The molecule has 0 radical (unpaired) electrons. The van der Waals surface area contributed by atoms with Gasteiger partial charge in [-0.2, -0.15) is 0 Å². The predicted molar refractivity (Wildman–Crippen MR) is 31.3 cm³/mol. The summed E-state index contributed by atoms with van der Waals surface area (Å²) in [6, 6.07) is 1.73. The molecule has 0 unspecified atom stereocenters. The Labute approximate surface area is 45.1 Å². The third-order valence-corrected chi connectivity index (χ3v) is 1.68. The number of hydrogen-bond acceptors (Lipinski definition) is 1. The van der Waals surface area contributed by atoms with Crippen LogP contribution in [0.25, 0.3) is 0 Å². The molecule has 1 fully saturated rings. The van der Waals surface area contributed by atoms with E-state index in [0.29, 0.717) is 0 Å². The summed E-state index contributed by atoms with van der Waals surface area (Å²) in [7, 11) is 0. The molecule has 0 saturated carbocycles.